The zero-order valence-corrected chi connectivity index (χ0v) is 12.0. The first-order valence-corrected chi connectivity index (χ1v) is 6.43. The van der Waals surface area contributed by atoms with Crippen LogP contribution in [0.1, 0.15) is 5.82 Å². The van der Waals surface area contributed by atoms with Crippen molar-refractivity contribution in [2.75, 3.05) is 0 Å². The van der Waals surface area contributed by atoms with Crippen LogP contribution in [0.15, 0.2) is 22.2 Å². The molecule has 0 atom stereocenters. The van der Waals surface area contributed by atoms with E-state index in [4.69, 9.17) is 5.26 Å². The molecule has 0 spiro atoms. The summed E-state index contributed by atoms with van der Waals surface area (Å²) < 4.78 is 5.54. The molecule has 0 saturated carbocycles. The summed E-state index contributed by atoms with van der Waals surface area (Å²) in [5.74, 6) is 0.0915. The van der Waals surface area contributed by atoms with Crippen LogP contribution >= 0.6 is 0 Å². The van der Waals surface area contributed by atoms with E-state index in [1.807, 2.05) is 6.07 Å². The second-order valence-corrected chi connectivity index (χ2v) is 4.76. The monoisotopic (exact) mass is 300 g/mol. The molecule has 10 nitrogen and oxygen atoms in total. The van der Waals surface area contributed by atoms with Gasteiger partial charge >= 0.3 is 5.69 Å². The maximum Gasteiger partial charge on any atom is 0.332 e. The summed E-state index contributed by atoms with van der Waals surface area (Å²) >= 11 is 0. The Kier molecular flexibility index (Phi) is 3.10. The topological polar surface area (TPSA) is 116 Å². The molecule has 3 aromatic heterocycles. The lowest BCUT2D eigenvalue weighted by Crippen LogP contribution is -2.37. The lowest BCUT2D eigenvalue weighted by molar-refractivity contribution is 0.537. The summed E-state index contributed by atoms with van der Waals surface area (Å²) in [6, 6.07) is 1.85. The van der Waals surface area contributed by atoms with Gasteiger partial charge in [0.05, 0.1) is 12.9 Å². The Morgan fingerprint density at radius 3 is 2.59 bits per heavy atom. The molecule has 3 aromatic rings. The molecule has 0 N–H and O–H groups in total. The minimum absolute atomic E-state index is 0.0915. The molecule has 3 rings (SSSR count). The summed E-state index contributed by atoms with van der Waals surface area (Å²) in [5, 5.41) is 12.6. The van der Waals surface area contributed by atoms with Gasteiger partial charge in [0.25, 0.3) is 11.4 Å². The molecule has 22 heavy (non-hydrogen) atoms. The van der Waals surface area contributed by atoms with Crippen molar-refractivity contribution in [3.8, 4) is 6.07 Å². The first-order valence-electron chi connectivity index (χ1n) is 6.43. The molecule has 10 heteroatoms. The molecular formula is C12H12N8O2. The van der Waals surface area contributed by atoms with Crippen molar-refractivity contribution in [2.45, 2.75) is 13.1 Å². The predicted molar refractivity (Wildman–Crippen MR) is 75.0 cm³/mol. The van der Waals surface area contributed by atoms with E-state index in [9.17, 15) is 9.59 Å². The Bertz CT molecular complexity index is 1010. The van der Waals surface area contributed by atoms with Gasteiger partial charge < -0.3 is 4.57 Å². The number of hydrogen-bond acceptors (Lipinski definition) is 6. The molecule has 0 radical (unpaired) electrons. The fraction of sp³-hybridized carbons (Fsp3) is 0.333. The number of nitriles is 1. The van der Waals surface area contributed by atoms with Crippen LogP contribution in [0, 0.1) is 11.3 Å². The van der Waals surface area contributed by atoms with E-state index >= 15 is 0 Å². The molecule has 0 aliphatic carbocycles. The molecule has 3 heterocycles. The van der Waals surface area contributed by atoms with E-state index in [1.54, 1.807) is 11.6 Å². The van der Waals surface area contributed by atoms with Crippen LogP contribution in [-0.4, -0.2) is 33.4 Å². The normalized spacial score (nSPS) is 11.0. The Labute approximate surface area is 123 Å². The van der Waals surface area contributed by atoms with Gasteiger partial charge in [-0.25, -0.2) is 19.4 Å². The van der Waals surface area contributed by atoms with Gasteiger partial charge in [-0.1, -0.05) is 0 Å². The number of rotatable bonds is 3. The molecule has 0 fully saturated rings. The van der Waals surface area contributed by atoms with Crippen molar-refractivity contribution in [3.63, 3.8) is 0 Å². The van der Waals surface area contributed by atoms with E-state index in [1.165, 1.54) is 29.0 Å². The first-order chi connectivity index (χ1) is 10.5. The molecule has 0 saturated heterocycles. The molecule has 0 unspecified atom stereocenters. The van der Waals surface area contributed by atoms with Crippen LogP contribution in [0.2, 0.25) is 0 Å². The Morgan fingerprint density at radius 1 is 1.14 bits per heavy atom. The lowest BCUT2D eigenvalue weighted by Gasteiger charge is -2.06. The highest BCUT2D eigenvalue weighted by Crippen LogP contribution is 2.05. The third kappa shape index (κ3) is 1.99. The van der Waals surface area contributed by atoms with Gasteiger partial charge in [-0.3, -0.25) is 13.9 Å². The standard InChI is InChI=1S/C12H12N8O2/c1-17-10-9(11(21)18(2)12(17)22)19(6-15-10)3-4-20-7-14-8(5-13)16-20/h6-7H,3-4H2,1-2H3. The van der Waals surface area contributed by atoms with Crippen molar-refractivity contribution in [3.05, 3.63) is 39.3 Å². The number of fused-ring (bicyclic) bond motifs is 1. The third-order valence-corrected chi connectivity index (χ3v) is 3.42. The fourth-order valence-electron chi connectivity index (χ4n) is 2.23. The van der Waals surface area contributed by atoms with Crippen LogP contribution in [0.5, 0.6) is 0 Å². The molecule has 112 valence electrons. The van der Waals surface area contributed by atoms with Gasteiger partial charge in [-0.05, 0) is 0 Å². The van der Waals surface area contributed by atoms with Gasteiger partial charge in [0, 0.05) is 20.6 Å². The SMILES string of the molecule is Cn1c(=O)c2c(ncn2CCn2cnc(C#N)n2)n(C)c1=O. The van der Waals surface area contributed by atoms with Crippen LogP contribution < -0.4 is 11.2 Å². The molecule has 0 aliphatic rings. The number of aryl methyl sites for hydroxylation is 3. The van der Waals surface area contributed by atoms with E-state index < -0.39 is 11.2 Å². The van der Waals surface area contributed by atoms with Crippen molar-refractivity contribution in [1.29, 1.82) is 5.26 Å². The second kappa shape index (κ2) is 4.96. The number of aromatic nitrogens is 7. The highest BCUT2D eigenvalue weighted by atomic mass is 16.2. The van der Waals surface area contributed by atoms with Crippen LogP contribution in [0.3, 0.4) is 0 Å². The minimum atomic E-state index is -0.419. The average Bonchev–Trinajstić information content (AvgIpc) is 3.15. The Morgan fingerprint density at radius 2 is 1.91 bits per heavy atom. The van der Waals surface area contributed by atoms with Gasteiger partial charge in [0.2, 0.25) is 0 Å². The Balaban J connectivity index is 2.00. The minimum Gasteiger partial charge on any atom is -0.323 e. The summed E-state index contributed by atoms with van der Waals surface area (Å²) in [6.45, 7) is 0.838. The summed E-state index contributed by atoms with van der Waals surface area (Å²) in [4.78, 5) is 32.0. The third-order valence-electron chi connectivity index (χ3n) is 3.42. The fourth-order valence-corrected chi connectivity index (χ4v) is 2.23. The van der Waals surface area contributed by atoms with Crippen LogP contribution in [0.25, 0.3) is 11.2 Å². The average molecular weight is 300 g/mol. The summed E-state index contributed by atoms with van der Waals surface area (Å²) in [6.07, 6.45) is 2.96. The largest absolute Gasteiger partial charge is 0.332 e. The molecule has 0 aliphatic heterocycles. The second-order valence-electron chi connectivity index (χ2n) is 4.76. The molecule has 0 amide bonds. The molecule has 0 bridgehead atoms. The quantitative estimate of drug-likeness (QED) is 0.587. The maximum atomic E-state index is 12.3. The predicted octanol–water partition coefficient (Wildman–Crippen LogP) is -1.40. The van der Waals surface area contributed by atoms with Crippen molar-refractivity contribution in [2.24, 2.45) is 14.1 Å². The maximum absolute atomic E-state index is 12.3. The first kappa shape index (κ1) is 13.7. The zero-order chi connectivity index (χ0) is 15.9. The van der Waals surface area contributed by atoms with Crippen LogP contribution in [0.4, 0.5) is 0 Å². The lowest BCUT2D eigenvalue weighted by atomic mass is 10.5. The van der Waals surface area contributed by atoms with Gasteiger partial charge in [0.15, 0.2) is 11.2 Å². The number of nitrogens with zero attached hydrogens (tertiary/aromatic N) is 8. The smallest absolute Gasteiger partial charge is 0.323 e. The van der Waals surface area contributed by atoms with Gasteiger partial charge in [-0.15, -0.1) is 5.10 Å². The number of hydrogen-bond donors (Lipinski definition) is 0. The number of imidazole rings is 1. The highest BCUT2D eigenvalue weighted by molar-refractivity contribution is 5.69. The molecular weight excluding hydrogens is 288 g/mol. The molecule has 0 aromatic carbocycles. The van der Waals surface area contributed by atoms with E-state index in [2.05, 4.69) is 15.1 Å². The van der Waals surface area contributed by atoms with Crippen molar-refractivity contribution >= 4 is 11.2 Å². The zero-order valence-electron chi connectivity index (χ0n) is 12.0. The summed E-state index contributed by atoms with van der Waals surface area (Å²) in [7, 11) is 3.00. The van der Waals surface area contributed by atoms with Crippen LogP contribution in [-0.2, 0) is 27.2 Å². The van der Waals surface area contributed by atoms with E-state index in [0.29, 0.717) is 24.3 Å². The van der Waals surface area contributed by atoms with Crippen molar-refractivity contribution < 1.29 is 0 Å². The summed E-state index contributed by atoms with van der Waals surface area (Å²) in [5.41, 5.74) is -0.126. The van der Waals surface area contributed by atoms with Crippen molar-refractivity contribution in [1.82, 2.24) is 33.4 Å². The van der Waals surface area contributed by atoms with E-state index in [-0.39, 0.29) is 5.82 Å². The van der Waals surface area contributed by atoms with Gasteiger partial charge in [-0.2, -0.15) is 5.26 Å². The van der Waals surface area contributed by atoms with Gasteiger partial charge in [0.1, 0.15) is 12.4 Å². The van der Waals surface area contributed by atoms with E-state index in [0.717, 1.165) is 4.57 Å². The highest BCUT2D eigenvalue weighted by Gasteiger charge is 2.14. The Hall–Kier alpha value is -3.22.